The maximum Gasteiger partial charge on any atom is 0.410 e. The fraction of sp³-hybridized carbons (Fsp3) is 0.188. The Labute approximate surface area is 122 Å². The summed E-state index contributed by atoms with van der Waals surface area (Å²) in [4.78, 5) is 21.4. The molecular formula is C16H13N3O2. The molecule has 0 bridgehead atoms. The molecule has 2 heterocycles. The second kappa shape index (κ2) is 6.06. The van der Waals surface area contributed by atoms with Crippen molar-refractivity contribution in [2.75, 3.05) is 13.2 Å². The number of benzene rings is 1. The molecule has 21 heavy (non-hydrogen) atoms. The minimum absolute atomic E-state index is 0.313. The van der Waals surface area contributed by atoms with Crippen molar-refractivity contribution in [3.05, 3.63) is 59.7 Å². The van der Waals surface area contributed by atoms with Crippen molar-refractivity contribution in [3.8, 4) is 11.8 Å². The van der Waals surface area contributed by atoms with Crippen molar-refractivity contribution in [3.63, 3.8) is 0 Å². The van der Waals surface area contributed by atoms with Crippen LogP contribution in [0.25, 0.3) is 0 Å². The Morgan fingerprint density at radius 2 is 1.81 bits per heavy atom. The van der Waals surface area contributed by atoms with E-state index in [0.29, 0.717) is 25.5 Å². The first-order valence-corrected chi connectivity index (χ1v) is 6.61. The van der Waals surface area contributed by atoms with Crippen LogP contribution in [0.2, 0.25) is 0 Å². The van der Waals surface area contributed by atoms with E-state index in [4.69, 9.17) is 4.74 Å². The Morgan fingerprint density at radius 1 is 1.10 bits per heavy atom. The van der Waals surface area contributed by atoms with E-state index in [1.807, 2.05) is 30.3 Å². The van der Waals surface area contributed by atoms with Crippen molar-refractivity contribution in [1.82, 2.24) is 14.9 Å². The third kappa shape index (κ3) is 3.37. The lowest BCUT2D eigenvalue weighted by Gasteiger charge is -2.10. The number of carbonyl (C=O) groups excluding carboxylic acids is 1. The fourth-order valence-electron chi connectivity index (χ4n) is 1.91. The molecule has 104 valence electrons. The van der Waals surface area contributed by atoms with Crippen molar-refractivity contribution in [2.24, 2.45) is 0 Å². The van der Waals surface area contributed by atoms with Gasteiger partial charge in [0.2, 0.25) is 0 Å². The van der Waals surface area contributed by atoms with Gasteiger partial charge < -0.3 is 4.74 Å². The molecule has 1 aromatic carbocycles. The van der Waals surface area contributed by atoms with Crippen LogP contribution in [-0.2, 0) is 11.3 Å². The van der Waals surface area contributed by atoms with Crippen LogP contribution < -0.4 is 0 Å². The summed E-state index contributed by atoms with van der Waals surface area (Å²) in [7, 11) is 0. The predicted molar refractivity (Wildman–Crippen MR) is 76.2 cm³/mol. The number of hydrogen-bond acceptors (Lipinski definition) is 4. The molecule has 2 aromatic rings. The summed E-state index contributed by atoms with van der Waals surface area (Å²) in [6.45, 7) is 1.38. The average Bonchev–Trinajstić information content (AvgIpc) is 2.93. The smallest absolute Gasteiger partial charge is 0.410 e. The maximum atomic E-state index is 11.3. The minimum Gasteiger partial charge on any atom is -0.448 e. The predicted octanol–water partition coefficient (Wildman–Crippen LogP) is 1.83. The van der Waals surface area contributed by atoms with E-state index in [1.165, 1.54) is 0 Å². The van der Waals surface area contributed by atoms with Gasteiger partial charge in [0.15, 0.2) is 0 Å². The lowest BCUT2D eigenvalue weighted by molar-refractivity contribution is 0.156. The van der Waals surface area contributed by atoms with E-state index < -0.39 is 0 Å². The number of hydrogen-bond donors (Lipinski definition) is 0. The lowest BCUT2D eigenvalue weighted by atomic mass is 10.2. The monoisotopic (exact) mass is 279 g/mol. The van der Waals surface area contributed by atoms with Gasteiger partial charge in [0.05, 0.1) is 18.7 Å². The minimum atomic E-state index is -0.313. The molecule has 0 saturated carbocycles. The summed E-state index contributed by atoms with van der Waals surface area (Å²) in [6, 6.07) is 9.73. The summed E-state index contributed by atoms with van der Waals surface area (Å²) in [6.07, 6.45) is 3.02. The van der Waals surface area contributed by atoms with Gasteiger partial charge in [0.1, 0.15) is 12.4 Å². The number of rotatable bonds is 2. The van der Waals surface area contributed by atoms with Gasteiger partial charge in [-0.15, -0.1) is 0 Å². The van der Waals surface area contributed by atoms with Crippen LogP contribution in [-0.4, -0.2) is 34.1 Å². The lowest BCUT2D eigenvalue weighted by Crippen LogP contribution is -2.24. The van der Waals surface area contributed by atoms with Crippen molar-refractivity contribution in [2.45, 2.75) is 6.54 Å². The molecule has 5 heteroatoms. The van der Waals surface area contributed by atoms with Gasteiger partial charge in [-0.25, -0.2) is 14.8 Å². The number of carbonyl (C=O) groups is 1. The molecule has 0 aliphatic carbocycles. The van der Waals surface area contributed by atoms with E-state index in [9.17, 15) is 4.79 Å². The number of aromatic nitrogens is 2. The first-order valence-electron chi connectivity index (χ1n) is 6.61. The summed E-state index contributed by atoms with van der Waals surface area (Å²) in [5.74, 6) is 6.64. The number of ether oxygens (including phenoxy) is 1. The fourth-order valence-corrected chi connectivity index (χ4v) is 1.91. The van der Waals surface area contributed by atoms with Gasteiger partial charge in [0, 0.05) is 18.0 Å². The summed E-state index contributed by atoms with van der Waals surface area (Å²) in [5.41, 5.74) is 1.69. The Balaban J connectivity index is 1.67. The van der Waals surface area contributed by atoms with Crippen LogP contribution in [0.5, 0.6) is 0 Å². The third-order valence-electron chi connectivity index (χ3n) is 3.01. The molecule has 0 atom stereocenters. The van der Waals surface area contributed by atoms with Gasteiger partial charge in [-0.2, -0.15) is 0 Å². The Morgan fingerprint density at radius 3 is 2.48 bits per heavy atom. The van der Waals surface area contributed by atoms with Crippen LogP contribution in [0.1, 0.15) is 17.0 Å². The zero-order valence-electron chi connectivity index (χ0n) is 11.3. The zero-order valence-corrected chi connectivity index (χ0v) is 11.3. The van der Waals surface area contributed by atoms with E-state index in [-0.39, 0.29) is 6.09 Å². The second-order valence-electron chi connectivity index (χ2n) is 4.54. The van der Waals surface area contributed by atoms with E-state index in [0.717, 1.165) is 11.1 Å². The molecule has 1 aliphatic rings. The highest BCUT2D eigenvalue weighted by Crippen LogP contribution is 2.07. The largest absolute Gasteiger partial charge is 0.448 e. The second-order valence-corrected chi connectivity index (χ2v) is 4.54. The van der Waals surface area contributed by atoms with Gasteiger partial charge in [0.25, 0.3) is 0 Å². The van der Waals surface area contributed by atoms with Crippen LogP contribution in [0.3, 0.4) is 0 Å². The molecule has 0 N–H and O–H groups in total. The first-order chi connectivity index (χ1) is 10.3. The summed E-state index contributed by atoms with van der Waals surface area (Å²) in [5, 5.41) is 0. The SMILES string of the molecule is O=C1OCCN1Cc1ncc(C#Cc2ccccc2)cn1. The van der Waals surface area contributed by atoms with Gasteiger partial charge in [-0.05, 0) is 12.1 Å². The van der Waals surface area contributed by atoms with E-state index >= 15 is 0 Å². The van der Waals surface area contributed by atoms with Crippen molar-refractivity contribution < 1.29 is 9.53 Å². The van der Waals surface area contributed by atoms with Gasteiger partial charge >= 0.3 is 6.09 Å². The first kappa shape index (κ1) is 13.1. The Bertz CT molecular complexity index is 687. The molecule has 1 saturated heterocycles. The van der Waals surface area contributed by atoms with Gasteiger partial charge in [-0.1, -0.05) is 30.0 Å². The highest BCUT2D eigenvalue weighted by molar-refractivity contribution is 5.69. The standard InChI is InChI=1S/C16H13N3O2/c20-16-19(8-9-21-16)12-15-17-10-14(11-18-15)7-6-13-4-2-1-3-5-13/h1-5,10-11H,8-9,12H2. The molecule has 1 amide bonds. The molecule has 0 unspecified atom stereocenters. The molecule has 1 aliphatic heterocycles. The van der Waals surface area contributed by atoms with Crippen molar-refractivity contribution in [1.29, 1.82) is 0 Å². The zero-order chi connectivity index (χ0) is 14.5. The normalized spacial score (nSPS) is 13.5. The average molecular weight is 279 g/mol. The quantitative estimate of drug-likeness (QED) is 0.787. The van der Waals surface area contributed by atoms with Crippen molar-refractivity contribution >= 4 is 6.09 Å². The van der Waals surface area contributed by atoms with Gasteiger partial charge in [-0.3, -0.25) is 4.90 Å². The molecule has 0 radical (unpaired) electrons. The summed E-state index contributed by atoms with van der Waals surface area (Å²) < 4.78 is 4.86. The third-order valence-corrected chi connectivity index (χ3v) is 3.01. The highest BCUT2D eigenvalue weighted by Gasteiger charge is 2.22. The molecular weight excluding hydrogens is 266 g/mol. The molecule has 3 rings (SSSR count). The number of cyclic esters (lactones) is 1. The van der Waals surface area contributed by atoms with Crippen LogP contribution in [0.4, 0.5) is 4.79 Å². The van der Waals surface area contributed by atoms with Crippen LogP contribution in [0.15, 0.2) is 42.7 Å². The Kier molecular flexibility index (Phi) is 3.79. The highest BCUT2D eigenvalue weighted by atomic mass is 16.6. The van der Waals surface area contributed by atoms with Crippen LogP contribution >= 0.6 is 0 Å². The summed E-state index contributed by atoms with van der Waals surface area (Å²) >= 11 is 0. The topological polar surface area (TPSA) is 55.3 Å². The van der Waals surface area contributed by atoms with E-state index in [2.05, 4.69) is 21.8 Å². The maximum absolute atomic E-state index is 11.3. The molecule has 1 aromatic heterocycles. The Hall–Kier alpha value is -2.87. The molecule has 5 nitrogen and oxygen atoms in total. The number of amides is 1. The molecule has 1 fully saturated rings. The molecule has 0 spiro atoms. The number of nitrogens with zero attached hydrogens (tertiary/aromatic N) is 3. The van der Waals surface area contributed by atoms with Crippen LogP contribution in [0, 0.1) is 11.8 Å². The van der Waals surface area contributed by atoms with E-state index in [1.54, 1.807) is 17.3 Å².